The normalized spacial score (nSPS) is 19.9. The molecule has 0 bridgehead atoms. The lowest BCUT2D eigenvalue weighted by Crippen LogP contribution is -2.43. The number of carbonyl (C=O) groups is 3. The molecular weight excluding hydrogens is 422 g/mol. The molecule has 0 fully saturated rings. The SMILES string of the molecule is COc1cccc(C2CC(=O)N(c3cccc(C(=O)O)c3)C3=C2C(=O)CC(C)(C)C3)c1OC. The molecule has 2 aliphatic rings. The van der Waals surface area contributed by atoms with E-state index in [1.807, 2.05) is 26.0 Å². The fourth-order valence-electron chi connectivity index (χ4n) is 4.94. The van der Waals surface area contributed by atoms with E-state index in [2.05, 4.69) is 0 Å². The molecule has 33 heavy (non-hydrogen) atoms. The maximum Gasteiger partial charge on any atom is 0.335 e. The molecule has 7 nitrogen and oxygen atoms in total. The lowest BCUT2D eigenvalue weighted by molar-refractivity contribution is -0.121. The summed E-state index contributed by atoms with van der Waals surface area (Å²) in [7, 11) is 3.08. The minimum Gasteiger partial charge on any atom is -0.493 e. The Morgan fingerprint density at radius 3 is 2.45 bits per heavy atom. The molecular formula is C26H27NO6. The Hall–Kier alpha value is -3.61. The van der Waals surface area contributed by atoms with Gasteiger partial charge in [-0.05, 0) is 36.1 Å². The molecule has 1 unspecified atom stereocenters. The summed E-state index contributed by atoms with van der Waals surface area (Å²) in [5.74, 6) is -0.720. The highest BCUT2D eigenvalue weighted by molar-refractivity contribution is 6.08. The van der Waals surface area contributed by atoms with Crippen LogP contribution in [0.2, 0.25) is 0 Å². The number of aromatic carboxylic acids is 1. The van der Waals surface area contributed by atoms with Gasteiger partial charge >= 0.3 is 5.97 Å². The van der Waals surface area contributed by atoms with Crippen LogP contribution in [-0.2, 0) is 9.59 Å². The fraction of sp³-hybridized carbons (Fsp3) is 0.346. The summed E-state index contributed by atoms with van der Waals surface area (Å²) in [5.41, 5.74) is 2.14. The molecule has 1 aliphatic carbocycles. The molecule has 7 heteroatoms. The molecule has 1 atom stereocenters. The number of hydrogen-bond donors (Lipinski definition) is 1. The zero-order valence-corrected chi connectivity index (χ0v) is 19.2. The van der Waals surface area contributed by atoms with Gasteiger partial charge in [0.1, 0.15) is 0 Å². The van der Waals surface area contributed by atoms with Gasteiger partial charge in [-0.2, -0.15) is 0 Å². The molecule has 1 N–H and O–H groups in total. The van der Waals surface area contributed by atoms with E-state index in [1.54, 1.807) is 25.3 Å². The van der Waals surface area contributed by atoms with Crippen LogP contribution < -0.4 is 14.4 Å². The summed E-state index contributed by atoms with van der Waals surface area (Å²) < 4.78 is 11.1. The van der Waals surface area contributed by atoms with E-state index in [4.69, 9.17) is 9.47 Å². The van der Waals surface area contributed by atoms with Gasteiger partial charge in [-0.3, -0.25) is 14.5 Å². The first kappa shape index (κ1) is 22.6. The topological polar surface area (TPSA) is 93.1 Å². The molecule has 1 aliphatic heterocycles. The van der Waals surface area contributed by atoms with E-state index in [9.17, 15) is 19.5 Å². The van der Waals surface area contributed by atoms with Gasteiger partial charge in [-0.1, -0.05) is 32.0 Å². The van der Waals surface area contributed by atoms with E-state index in [-0.39, 0.29) is 29.1 Å². The highest BCUT2D eigenvalue weighted by atomic mass is 16.5. The maximum absolute atomic E-state index is 13.5. The molecule has 172 valence electrons. The number of methoxy groups -OCH3 is 2. The molecule has 1 amide bonds. The van der Waals surface area contributed by atoms with Crippen LogP contribution in [0.5, 0.6) is 11.5 Å². The Morgan fingerprint density at radius 1 is 1.06 bits per heavy atom. The second-order valence-corrected chi connectivity index (χ2v) is 9.23. The van der Waals surface area contributed by atoms with Gasteiger partial charge in [0.05, 0.1) is 19.8 Å². The van der Waals surface area contributed by atoms with Crippen molar-refractivity contribution < 1.29 is 29.0 Å². The highest BCUT2D eigenvalue weighted by Crippen LogP contribution is 2.50. The first-order valence-corrected chi connectivity index (χ1v) is 10.8. The smallest absolute Gasteiger partial charge is 0.335 e. The van der Waals surface area contributed by atoms with Gasteiger partial charge in [0.2, 0.25) is 5.91 Å². The Labute approximate surface area is 192 Å². The Balaban J connectivity index is 1.94. The number of carboxylic acid groups (broad SMARTS) is 1. The average molecular weight is 450 g/mol. The number of rotatable bonds is 5. The van der Waals surface area contributed by atoms with Gasteiger partial charge in [-0.15, -0.1) is 0 Å². The van der Waals surface area contributed by atoms with E-state index < -0.39 is 11.9 Å². The largest absolute Gasteiger partial charge is 0.493 e. The number of carbonyl (C=O) groups excluding carboxylic acids is 2. The number of allylic oxidation sites excluding steroid dienone is 2. The van der Waals surface area contributed by atoms with Crippen LogP contribution in [0.1, 0.15) is 54.9 Å². The maximum atomic E-state index is 13.5. The number of amides is 1. The molecule has 0 aromatic heterocycles. The van der Waals surface area contributed by atoms with Crippen molar-refractivity contribution in [1.29, 1.82) is 0 Å². The van der Waals surface area contributed by atoms with Crippen LogP contribution in [-0.4, -0.2) is 37.0 Å². The van der Waals surface area contributed by atoms with Crippen molar-refractivity contribution in [2.24, 2.45) is 5.41 Å². The molecule has 2 aromatic carbocycles. The van der Waals surface area contributed by atoms with Crippen molar-refractivity contribution in [1.82, 2.24) is 0 Å². The number of carboxylic acids is 1. The zero-order valence-electron chi connectivity index (χ0n) is 19.2. The lowest BCUT2D eigenvalue weighted by atomic mass is 9.69. The van der Waals surface area contributed by atoms with E-state index in [0.29, 0.717) is 41.3 Å². The summed E-state index contributed by atoms with van der Waals surface area (Å²) >= 11 is 0. The summed E-state index contributed by atoms with van der Waals surface area (Å²) in [5, 5.41) is 9.43. The Morgan fingerprint density at radius 2 is 1.79 bits per heavy atom. The fourth-order valence-corrected chi connectivity index (χ4v) is 4.94. The van der Waals surface area contributed by atoms with Crippen molar-refractivity contribution in [3.63, 3.8) is 0 Å². The predicted octanol–water partition coefficient (Wildman–Crippen LogP) is 4.57. The molecule has 0 spiro atoms. The number of ether oxygens (including phenoxy) is 2. The number of anilines is 1. The first-order valence-electron chi connectivity index (χ1n) is 10.8. The number of para-hydroxylation sites is 1. The number of benzene rings is 2. The second-order valence-electron chi connectivity index (χ2n) is 9.23. The third-order valence-electron chi connectivity index (χ3n) is 6.30. The van der Waals surface area contributed by atoms with Gasteiger partial charge in [0.25, 0.3) is 0 Å². The second kappa shape index (κ2) is 8.39. The molecule has 2 aromatic rings. The summed E-state index contributed by atoms with van der Waals surface area (Å²) in [6.07, 6.45) is 0.942. The molecule has 0 radical (unpaired) electrons. The van der Waals surface area contributed by atoms with Gasteiger partial charge in [0.15, 0.2) is 17.3 Å². The van der Waals surface area contributed by atoms with Crippen LogP contribution in [0.15, 0.2) is 53.7 Å². The van der Waals surface area contributed by atoms with E-state index in [1.165, 1.54) is 24.1 Å². The zero-order chi connectivity index (χ0) is 23.9. The van der Waals surface area contributed by atoms with Gasteiger partial charge < -0.3 is 14.6 Å². The Bertz CT molecular complexity index is 1180. The van der Waals surface area contributed by atoms with Crippen molar-refractivity contribution in [3.8, 4) is 11.5 Å². The van der Waals surface area contributed by atoms with E-state index in [0.717, 1.165) is 5.56 Å². The number of hydrogen-bond acceptors (Lipinski definition) is 5. The number of nitrogens with zero attached hydrogens (tertiary/aromatic N) is 1. The van der Waals surface area contributed by atoms with Gasteiger partial charge in [0, 0.05) is 41.3 Å². The lowest BCUT2D eigenvalue weighted by Gasteiger charge is -2.43. The van der Waals surface area contributed by atoms with Crippen LogP contribution in [0.4, 0.5) is 5.69 Å². The quantitative estimate of drug-likeness (QED) is 0.719. The third kappa shape index (κ3) is 3.99. The minimum atomic E-state index is -1.07. The third-order valence-corrected chi connectivity index (χ3v) is 6.30. The first-order chi connectivity index (χ1) is 15.7. The predicted molar refractivity (Wildman–Crippen MR) is 123 cm³/mol. The van der Waals surface area contributed by atoms with Crippen LogP contribution in [0.3, 0.4) is 0 Å². The van der Waals surface area contributed by atoms with Crippen molar-refractivity contribution in [3.05, 3.63) is 64.9 Å². The van der Waals surface area contributed by atoms with Crippen molar-refractivity contribution in [2.45, 2.75) is 39.0 Å². The molecule has 1 heterocycles. The highest BCUT2D eigenvalue weighted by Gasteiger charge is 2.45. The summed E-state index contributed by atoms with van der Waals surface area (Å²) in [4.78, 5) is 40.1. The standard InChI is InChI=1S/C26H27NO6/c1-26(2)13-19-23(20(28)14-26)18(17-9-6-10-21(32-3)24(17)33-4)12-22(29)27(19)16-8-5-7-15(11-16)25(30)31/h5-11,18H,12-14H2,1-4H3,(H,30,31). The Kier molecular flexibility index (Phi) is 5.74. The van der Waals surface area contributed by atoms with E-state index >= 15 is 0 Å². The molecule has 0 saturated carbocycles. The average Bonchev–Trinajstić information content (AvgIpc) is 2.76. The van der Waals surface area contributed by atoms with Crippen molar-refractivity contribution in [2.75, 3.05) is 19.1 Å². The molecule has 4 rings (SSSR count). The monoisotopic (exact) mass is 449 g/mol. The summed E-state index contributed by atoms with van der Waals surface area (Å²) in [6, 6.07) is 11.7. The summed E-state index contributed by atoms with van der Waals surface area (Å²) in [6.45, 7) is 4.00. The molecule has 0 saturated heterocycles. The van der Waals surface area contributed by atoms with Crippen LogP contribution in [0, 0.1) is 5.41 Å². The van der Waals surface area contributed by atoms with Gasteiger partial charge in [-0.25, -0.2) is 4.79 Å². The van der Waals surface area contributed by atoms with Crippen molar-refractivity contribution >= 4 is 23.3 Å². The minimum absolute atomic E-state index is 0.0111. The van der Waals surface area contributed by atoms with Crippen LogP contribution >= 0.6 is 0 Å². The number of Topliss-reactive ketones (excluding diaryl/α,β-unsaturated/α-hetero) is 1. The van der Waals surface area contributed by atoms with Crippen LogP contribution in [0.25, 0.3) is 0 Å². The number of ketones is 1.